The molecule has 1 heterocycles. The maximum absolute atomic E-state index is 3.56. The monoisotopic (exact) mass is 226 g/mol. The molecule has 2 unspecified atom stereocenters. The molecular weight excluding hydrogens is 196 g/mol. The summed E-state index contributed by atoms with van der Waals surface area (Å²) in [6, 6.07) is 0. The van der Waals surface area contributed by atoms with Crippen molar-refractivity contribution in [3.05, 3.63) is 0 Å². The van der Waals surface area contributed by atoms with Gasteiger partial charge in [0.05, 0.1) is 0 Å². The first-order valence-electron chi connectivity index (χ1n) is 6.81. The second-order valence-corrected chi connectivity index (χ2v) is 6.77. The summed E-state index contributed by atoms with van der Waals surface area (Å²) in [5, 5.41) is 3.56. The SMILES string of the molecule is CC1CN(CCNCCC(C)(C)C)CC1C. The zero-order valence-electron chi connectivity index (χ0n) is 11.8. The molecule has 0 aromatic carbocycles. The van der Waals surface area contributed by atoms with Crippen LogP contribution in [0.5, 0.6) is 0 Å². The van der Waals surface area contributed by atoms with Crippen LogP contribution in [0.25, 0.3) is 0 Å². The fourth-order valence-electron chi connectivity index (χ4n) is 2.26. The molecule has 0 amide bonds. The van der Waals surface area contributed by atoms with Crippen molar-refractivity contribution in [3.8, 4) is 0 Å². The van der Waals surface area contributed by atoms with E-state index in [1.165, 1.54) is 26.1 Å². The maximum Gasteiger partial charge on any atom is 0.0107 e. The Morgan fingerprint density at radius 1 is 1.06 bits per heavy atom. The highest BCUT2D eigenvalue weighted by molar-refractivity contribution is 4.78. The van der Waals surface area contributed by atoms with E-state index in [1.54, 1.807) is 0 Å². The Kier molecular flexibility index (Phi) is 5.26. The first-order valence-corrected chi connectivity index (χ1v) is 6.81. The second kappa shape index (κ2) is 6.02. The average Bonchev–Trinajstić information content (AvgIpc) is 2.44. The Balaban J connectivity index is 2.00. The minimum Gasteiger partial charge on any atom is -0.315 e. The van der Waals surface area contributed by atoms with Gasteiger partial charge in [0.2, 0.25) is 0 Å². The van der Waals surface area contributed by atoms with Crippen molar-refractivity contribution in [2.75, 3.05) is 32.7 Å². The molecule has 96 valence electrons. The molecule has 0 saturated carbocycles. The van der Waals surface area contributed by atoms with Crippen molar-refractivity contribution < 1.29 is 0 Å². The van der Waals surface area contributed by atoms with Crippen LogP contribution >= 0.6 is 0 Å². The fourth-order valence-corrected chi connectivity index (χ4v) is 2.26. The number of hydrogen-bond donors (Lipinski definition) is 1. The van der Waals surface area contributed by atoms with Crippen LogP contribution in [-0.4, -0.2) is 37.6 Å². The summed E-state index contributed by atoms with van der Waals surface area (Å²) in [6.07, 6.45) is 1.26. The number of hydrogen-bond acceptors (Lipinski definition) is 2. The first kappa shape index (κ1) is 14.0. The summed E-state index contributed by atoms with van der Waals surface area (Å²) < 4.78 is 0. The van der Waals surface area contributed by atoms with Crippen LogP contribution < -0.4 is 5.32 Å². The third-order valence-electron chi connectivity index (χ3n) is 3.72. The molecule has 0 spiro atoms. The molecule has 16 heavy (non-hydrogen) atoms. The van der Waals surface area contributed by atoms with Crippen LogP contribution in [0.1, 0.15) is 41.0 Å². The number of nitrogens with one attached hydrogen (secondary N) is 1. The van der Waals surface area contributed by atoms with Gasteiger partial charge in [-0.1, -0.05) is 34.6 Å². The van der Waals surface area contributed by atoms with Gasteiger partial charge in [0, 0.05) is 26.2 Å². The molecule has 1 aliphatic rings. The van der Waals surface area contributed by atoms with Gasteiger partial charge in [0.1, 0.15) is 0 Å². The minimum atomic E-state index is 0.462. The van der Waals surface area contributed by atoms with E-state index in [-0.39, 0.29) is 0 Å². The first-order chi connectivity index (χ1) is 7.38. The van der Waals surface area contributed by atoms with Gasteiger partial charge < -0.3 is 10.2 Å². The van der Waals surface area contributed by atoms with E-state index in [2.05, 4.69) is 44.8 Å². The van der Waals surface area contributed by atoms with E-state index in [0.717, 1.165) is 24.9 Å². The lowest BCUT2D eigenvalue weighted by Gasteiger charge is -2.19. The van der Waals surface area contributed by atoms with Gasteiger partial charge in [-0.05, 0) is 30.2 Å². The molecule has 2 atom stereocenters. The van der Waals surface area contributed by atoms with Crippen LogP contribution in [0.15, 0.2) is 0 Å². The number of likely N-dealkylation sites (tertiary alicyclic amines) is 1. The fraction of sp³-hybridized carbons (Fsp3) is 1.00. The summed E-state index contributed by atoms with van der Waals surface area (Å²) in [7, 11) is 0. The topological polar surface area (TPSA) is 15.3 Å². The van der Waals surface area contributed by atoms with Crippen molar-refractivity contribution >= 4 is 0 Å². The van der Waals surface area contributed by atoms with E-state index >= 15 is 0 Å². The number of rotatable bonds is 5. The molecule has 0 aromatic rings. The minimum absolute atomic E-state index is 0.462. The Labute approximate surface area is 102 Å². The largest absolute Gasteiger partial charge is 0.315 e. The van der Waals surface area contributed by atoms with Crippen molar-refractivity contribution in [1.82, 2.24) is 10.2 Å². The molecule has 0 bridgehead atoms. The predicted octanol–water partition coefficient (Wildman–Crippen LogP) is 2.60. The molecule has 2 heteroatoms. The smallest absolute Gasteiger partial charge is 0.0107 e. The van der Waals surface area contributed by atoms with Crippen LogP contribution in [0, 0.1) is 17.3 Å². The highest BCUT2D eigenvalue weighted by atomic mass is 15.2. The van der Waals surface area contributed by atoms with Gasteiger partial charge in [-0.25, -0.2) is 0 Å². The molecule has 0 radical (unpaired) electrons. The van der Waals surface area contributed by atoms with E-state index in [1.807, 2.05) is 0 Å². The highest BCUT2D eigenvalue weighted by Crippen LogP contribution is 2.21. The lowest BCUT2D eigenvalue weighted by molar-refractivity contribution is 0.312. The van der Waals surface area contributed by atoms with Crippen LogP contribution in [0.3, 0.4) is 0 Å². The van der Waals surface area contributed by atoms with Gasteiger partial charge in [0.25, 0.3) is 0 Å². The van der Waals surface area contributed by atoms with Gasteiger partial charge in [-0.2, -0.15) is 0 Å². The quantitative estimate of drug-likeness (QED) is 0.725. The lowest BCUT2D eigenvalue weighted by atomic mass is 9.92. The molecule has 1 rings (SSSR count). The van der Waals surface area contributed by atoms with Crippen molar-refractivity contribution in [3.63, 3.8) is 0 Å². The summed E-state index contributed by atoms with van der Waals surface area (Å²) in [4.78, 5) is 2.60. The predicted molar refractivity (Wildman–Crippen MR) is 71.7 cm³/mol. The summed E-state index contributed by atoms with van der Waals surface area (Å²) in [6.45, 7) is 17.8. The van der Waals surface area contributed by atoms with Crippen LogP contribution in [-0.2, 0) is 0 Å². The third-order valence-corrected chi connectivity index (χ3v) is 3.72. The Morgan fingerprint density at radius 2 is 1.62 bits per heavy atom. The van der Waals surface area contributed by atoms with E-state index in [0.29, 0.717) is 5.41 Å². The van der Waals surface area contributed by atoms with Crippen molar-refractivity contribution in [1.29, 1.82) is 0 Å². The lowest BCUT2D eigenvalue weighted by Crippen LogP contribution is -2.32. The molecular formula is C14H30N2. The van der Waals surface area contributed by atoms with Gasteiger partial charge >= 0.3 is 0 Å². The van der Waals surface area contributed by atoms with Crippen LogP contribution in [0.2, 0.25) is 0 Å². The summed E-state index contributed by atoms with van der Waals surface area (Å²) in [5.74, 6) is 1.77. The summed E-state index contributed by atoms with van der Waals surface area (Å²) >= 11 is 0. The molecule has 1 aliphatic heterocycles. The van der Waals surface area contributed by atoms with Crippen molar-refractivity contribution in [2.45, 2.75) is 41.0 Å². The number of nitrogens with zero attached hydrogens (tertiary/aromatic N) is 1. The molecule has 2 nitrogen and oxygen atoms in total. The zero-order valence-corrected chi connectivity index (χ0v) is 11.8. The van der Waals surface area contributed by atoms with Gasteiger partial charge in [0.15, 0.2) is 0 Å². The zero-order chi connectivity index (χ0) is 12.2. The Hall–Kier alpha value is -0.0800. The standard InChI is InChI=1S/C14H30N2/c1-12-10-16(11-13(12)2)9-8-15-7-6-14(3,4)5/h12-13,15H,6-11H2,1-5H3. The van der Waals surface area contributed by atoms with E-state index < -0.39 is 0 Å². The molecule has 1 saturated heterocycles. The molecule has 0 aliphatic carbocycles. The van der Waals surface area contributed by atoms with Crippen LogP contribution in [0.4, 0.5) is 0 Å². The Bertz CT molecular complexity index is 185. The van der Waals surface area contributed by atoms with Gasteiger partial charge in [-0.3, -0.25) is 0 Å². The normalized spacial score (nSPS) is 27.6. The average molecular weight is 226 g/mol. The Morgan fingerprint density at radius 3 is 2.12 bits per heavy atom. The molecule has 1 fully saturated rings. The summed E-state index contributed by atoms with van der Waals surface area (Å²) in [5.41, 5.74) is 0.462. The van der Waals surface area contributed by atoms with Crippen molar-refractivity contribution in [2.24, 2.45) is 17.3 Å². The maximum atomic E-state index is 3.56. The van der Waals surface area contributed by atoms with E-state index in [4.69, 9.17) is 0 Å². The van der Waals surface area contributed by atoms with Gasteiger partial charge in [-0.15, -0.1) is 0 Å². The molecule has 1 N–H and O–H groups in total. The third kappa shape index (κ3) is 5.31. The second-order valence-electron chi connectivity index (χ2n) is 6.77. The molecule has 0 aromatic heterocycles. The highest BCUT2D eigenvalue weighted by Gasteiger charge is 2.25. The van der Waals surface area contributed by atoms with E-state index in [9.17, 15) is 0 Å².